The predicted octanol–water partition coefficient (Wildman–Crippen LogP) is 6.71. The van der Waals surface area contributed by atoms with Crippen LogP contribution in [0.4, 0.5) is 5.69 Å². The van der Waals surface area contributed by atoms with E-state index >= 15 is 0 Å². The Bertz CT molecular complexity index is 783. The Labute approximate surface area is 168 Å². The van der Waals surface area contributed by atoms with Crippen molar-refractivity contribution in [2.24, 2.45) is 0 Å². The minimum absolute atomic E-state index is 0.0353. The van der Waals surface area contributed by atoms with Gasteiger partial charge in [-0.25, -0.2) is 4.21 Å². The Morgan fingerprint density at radius 2 is 1.04 bits per heavy atom. The third-order valence-electron chi connectivity index (χ3n) is 4.81. The normalized spacial score (nSPS) is 14.1. The van der Waals surface area contributed by atoms with Gasteiger partial charge in [0.25, 0.3) is 0 Å². The topological polar surface area (TPSA) is 29.1 Å². The molecule has 2 aromatic rings. The zero-order chi connectivity index (χ0) is 20.6. The third kappa shape index (κ3) is 5.68. The molecule has 0 aliphatic rings. The van der Waals surface area contributed by atoms with Gasteiger partial charge in [0, 0.05) is 5.69 Å². The zero-order valence-electron chi connectivity index (χ0n) is 18.4. The molecule has 0 saturated carbocycles. The van der Waals surface area contributed by atoms with Crippen molar-refractivity contribution >= 4 is 16.7 Å². The number of rotatable bonds is 3. The van der Waals surface area contributed by atoms with Crippen LogP contribution < -0.4 is 4.72 Å². The van der Waals surface area contributed by atoms with Crippen molar-refractivity contribution in [3.63, 3.8) is 0 Å². The molecule has 0 spiro atoms. The second kappa shape index (κ2) is 7.43. The van der Waals surface area contributed by atoms with Crippen LogP contribution in [0.15, 0.2) is 47.4 Å². The van der Waals surface area contributed by atoms with E-state index in [4.69, 9.17) is 0 Å². The molecule has 0 heterocycles. The van der Waals surface area contributed by atoms with Crippen LogP contribution in [0.2, 0.25) is 0 Å². The highest BCUT2D eigenvalue weighted by atomic mass is 32.2. The molecule has 2 nitrogen and oxygen atoms in total. The van der Waals surface area contributed by atoms with Gasteiger partial charge < -0.3 is 4.72 Å². The summed E-state index contributed by atoms with van der Waals surface area (Å²) in [6.07, 6.45) is 0. The Balaban J connectivity index is 2.34. The summed E-state index contributed by atoms with van der Waals surface area (Å²) in [6.45, 7) is 19.8. The van der Waals surface area contributed by atoms with Crippen LogP contribution in [-0.2, 0) is 27.2 Å². The Morgan fingerprint density at radius 1 is 0.630 bits per heavy atom. The van der Waals surface area contributed by atoms with E-state index < -0.39 is 11.0 Å². The van der Waals surface area contributed by atoms with Gasteiger partial charge in [0.05, 0.1) is 4.90 Å². The third-order valence-corrected chi connectivity index (χ3v) is 5.93. The lowest BCUT2D eigenvalue weighted by atomic mass is 9.80. The molecule has 0 aliphatic carbocycles. The maximum absolute atomic E-state index is 12.9. The van der Waals surface area contributed by atoms with Crippen LogP contribution in [0.25, 0.3) is 0 Å². The van der Waals surface area contributed by atoms with Gasteiger partial charge in [0.1, 0.15) is 11.0 Å². The number of hydrogen-bond donors (Lipinski definition) is 1. The molecule has 27 heavy (non-hydrogen) atoms. The molecular formula is C24H35NOS. The maximum Gasteiger partial charge on any atom is 0.150 e. The summed E-state index contributed by atoms with van der Waals surface area (Å²) in [6, 6.07) is 14.6. The lowest BCUT2D eigenvalue weighted by Crippen LogP contribution is -2.17. The van der Waals surface area contributed by atoms with E-state index in [2.05, 4.69) is 97.4 Å². The lowest BCUT2D eigenvalue weighted by Gasteiger charge is -2.26. The molecular weight excluding hydrogens is 350 g/mol. The van der Waals surface area contributed by atoms with E-state index in [9.17, 15) is 4.21 Å². The fourth-order valence-corrected chi connectivity index (χ4v) is 3.63. The average Bonchev–Trinajstić information content (AvgIpc) is 2.52. The van der Waals surface area contributed by atoms with Crippen molar-refractivity contribution < 1.29 is 4.21 Å². The van der Waals surface area contributed by atoms with Crippen molar-refractivity contribution in [2.45, 2.75) is 83.5 Å². The van der Waals surface area contributed by atoms with Crippen LogP contribution in [0.5, 0.6) is 0 Å². The van der Waals surface area contributed by atoms with Gasteiger partial charge in [-0.05, 0) is 57.2 Å². The Morgan fingerprint density at radius 3 is 1.41 bits per heavy atom. The second-order valence-electron chi connectivity index (χ2n) is 10.4. The monoisotopic (exact) mass is 385 g/mol. The average molecular weight is 386 g/mol. The molecule has 0 amide bonds. The first-order valence-corrected chi connectivity index (χ1v) is 10.8. The molecule has 2 rings (SSSR count). The largest absolute Gasteiger partial charge is 0.301 e. The van der Waals surface area contributed by atoms with E-state index in [0.717, 1.165) is 10.6 Å². The predicted molar refractivity (Wildman–Crippen MR) is 119 cm³/mol. The second-order valence-corrected chi connectivity index (χ2v) is 11.7. The molecule has 0 aliphatic heterocycles. The molecule has 3 heteroatoms. The van der Waals surface area contributed by atoms with Crippen molar-refractivity contribution in [2.75, 3.05) is 4.72 Å². The molecule has 0 fully saturated rings. The molecule has 0 bridgehead atoms. The first-order chi connectivity index (χ1) is 12.2. The minimum atomic E-state index is -1.29. The molecule has 1 atom stereocenters. The molecule has 2 aromatic carbocycles. The van der Waals surface area contributed by atoms with Crippen LogP contribution in [0, 0.1) is 0 Å². The van der Waals surface area contributed by atoms with Gasteiger partial charge in [-0.15, -0.1) is 0 Å². The van der Waals surface area contributed by atoms with E-state index in [1.165, 1.54) is 16.7 Å². The van der Waals surface area contributed by atoms with Crippen molar-refractivity contribution in [1.29, 1.82) is 0 Å². The highest BCUT2D eigenvalue weighted by Crippen LogP contribution is 2.32. The number of anilines is 1. The lowest BCUT2D eigenvalue weighted by molar-refractivity contribution is 0.569. The number of hydrogen-bond acceptors (Lipinski definition) is 1. The standard InChI is InChI=1S/C24H35NOS/c1-22(2,3)17-10-12-21(13-11-17)27(26)25-20-15-18(23(4,5)6)14-19(16-20)24(7,8)9/h10-16,25H,1-9H3. The summed E-state index contributed by atoms with van der Waals surface area (Å²) in [5.74, 6) is 0. The summed E-state index contributed by atoms with van der Waals surface area (Å²) in [5.41, 5.74) is 4.81. The summed E-state index contributed by atoms with van der Waals surface area (Å²) in [4.78, 5) is 0.793. The van der Waals surface area contributed by atoms with Crippen molar-refractivity contribution in [3.05, 3.63) is 59.2 Å². The highest BCUT2D eigenvalue weighted by Gasteiger charge is 2.21. The van der Waals surface area contributed by atoms with Gasteiger partial charge in [-0.2, -0.15) is 0 Å². The van der Waals surface area contributed by atoms with Crippen LogP contribution in [0.1, 0.15) is 79.0 Å². The van der Waals surface area contributed by atoms with Crippen LogP contribution in [-0.4, -0.2) is 4.21 Å². The Hall–Kier alpha value is -1.61. The van der Waals surface area contributed by atoms with E-state index in [-0.39, 0.29) is 16.2 Å². The first-order valence-electron chi connectivity index (χ1n) is 9.63. The van der Waals surface area contributed by atoms with E-state index in [1.54, 1.807) is 0 Å². The van der Waals surface area contributed by atoms with E-state index in [1.807, 2.05) is 12.1 Å². The zero-order valence-corrected chi connectivity index (χ0v) is 19.2. The number of nitrogens with one attached hydrogen (secondary N) is 1. The van der Waals surface area contributed by atoms with Crippen LogP contribution >= 0.6 is 0 Å². The SMILES string of the molecule is CC(C)(C)c1ccc(S(=O)Nc2cc(C(C)(C)C)cc(C(C)(C)C)c2)cc1. The quantitative estimate of drug-likeness (QED) is 0.624. The van der Waals surface area contributed by atoms with Gasteiger partial charge >= 0.3 is 0 Å². The van der Waals surface area contributed by atoms with Gasteiger partial charge in [0.15, 0.2) is 0 Å². The highest BCUT2D eigenvalue weighted by molar-refractivity contribution is 7.86. The molecule has 0 saturated heterocycles. The summed E-state index contributed by atoms with van der Waals surface area (Å²) < 4.78 is 16.1. The van der Waals surface area contributed by atoms with Crippen molar-refractivity contribution in [3.8, 4) is 0 Å². The maximum atomic E-state index is 12.9. The van der Waals surface area contributed by atoms with Gasteiger partial charge in [-0.3, -0.25) is 0 Å². The molecule has 0 radical (unpaired) electrons. The van der Waals surface area contributed by atoms with Crippen molar-refractivity contribution in [1.82, 2.24) is 0 Å². The minimum Gasteiger partial charge on any atom is -0.301 e. The van der Waals surface area contributed by atoms with Gasteiger partial charge in [-0.1, -0.05) is 80.5 Å². The first kappa shape index (κ1) is 21.7. The molecule has 0 aromatic heterocycles. The fourth-order valence-electron chi connectivity index (χ4n) is 2.80. The summed E-state index contributed by atoms with van der Waals surface area (Å²) in [7, 11) is -1.29. The van der Waals surface area contributed by atoms with E-state index in [0.29, 0.717) is 0 Å². The summed E-state index contributed by atoms with van der Waals surface area (Å²) in [5, 5.41) is 0. The number of benzene rings is 2. The molecule has 1 unspecified atom stereocenters. The molecule has 148 valence electrons. The smallest absolute Gasteiger partial charge is 0.150 e. The van der Waals surface area contributed by atoms with Crippen LogP contribution in [0.3, 0.4) is 0 Å². The Kier molecular flexibility index (Phi) is 5.96. The van der Waals surface area contributed by atoms with Gasteiger partial charge in [0.2, 0.25) is 0 Å². The summed E-state index contributed by atoms with van der Waals surface area (Å²) >= 11 is 0. The fraction of sp³-hybridized carbons (Fsp3) is 0.500. The molecule has 1 N–H and O–H groups in total.